The molecule has 0 saturated carbocycles. The summed E-state index contributed by atoms with van der Waals surface area (Å²) in [5.74, 6) is -1.88. The number of nitrogens with one attached hydrogen (secondary N) is 1. The highest BCUT2D eigenvalue weighted by molar-refractivity contribution is 6.33. The molecule has 0 bridgehead atoms. The van der Waals surface area contributed by atoms with E-state index in [2.05, 4.69) is 5.32 Å². The Hall–Kier alpha value is -3.13. The zero-order valence-electron chi connectivity index (χ0n) is 12.1. The van der Waals surface area contributed by atoms with Crippen LogP contribution in [0.1, 0.15) is 10.4 Å². The van der Waals surface area contributed by atoms with E-state index in [4.69, 9.17) is 21.4 Å². The van der Waals surface area contributed by atoms with Crippen molar-refractivity contribution in [1.82, 2.24) is 0 Å². The van der Waals surface area contributed by atoms with Gasteiger partial charge in [-0.15, -0.1) is 0 Å². The number of halogens is 1. The van der Waals surface area contributed by atoms with E-state index in [1.807, 2.05) is 0 Å². The predicted molar refractivity (Wildman–Crippen MR) is 85.6 cm³/mol. The highest BCUT2D eigenvalue weighted by atomic mass is 35.5. The first-order valence-electron chi connectivity index (χ1n) is 6.57. The number of carboxylic acids is 1. The van der Waals surface area contributed by atoms with Crippen molar-refractivity contribution in [3.63, 3.8) is 0 Å². The van der Waals surface area contributed by atoms with Crippen LogP contribution in [0.25, 0.3) is 0 Å². The molecule has 2 rings (SSSR count). The Morgan fingerprint density at radius 1 is 1.25 bits per heavy atom. The third-order valence-electron chi connectivity index (χ3n) is 2.90. The minimum absolute atomic E-state index is 0.0386. The van der Waals surface area contributed by atoms with E-state index in [1.54, 1.807) is 6.07 Å². The molecule has 2 N–H and O–H groups in total. The SMILES string of the molecule is O=C(COc1ccccc1[N+](=O)[O-])Nc1ccc(Cl)c(C(=O)O)c1. The molecule has 8 nitrogen and oxygen atoms in total. The van der Waals surface area contributed by atoms with Crippen molar-refractivity contribution in [3.8, 4) is 5.75 Å². The zero-order chi connectivity index (χ0) is 17.7. The second-order valence-electron chi connectivity index (χ2n) is 4.56. The Labute approximate surface area is 140 Å². The zero-order valence-corrected chi connectivity index (χ0v) is 12.8. The Morgan fingerprint density at radius 2 is 1.96 bits per heavy atom. The van der Waals surface area contributed by atoms with Gasteiger partial charge in [0, 0.05) is 11.8 Å². The van der Waals surface area contributed by atoms with Crippen molar-refractivity contribution in [3.05, 3.63) is 63.2 Å². The highest BCUT2D eigenvalue weighted by Crippen LogP contribution is 2.26. The molecule has 2 aromatic rings. The molecule has 9 heteroatoms. The minimum Gasteiger partial charge on any atom is -0.478 e. The van der Waals surface area contributed by atoms with Crippen LogP contribution in [0.5, 0.6) is 5.75 Å². The summed E-state index contributed by atoms with van der Waals surface area (Å²) in [6, 6.07) is 9.61. The number of carbonyl (C=O) groups excluding carboxylic acids is 1. The fourth-order valence-corrected chi connectivity index (χ4v) is 2.04. The van der Waals surface area contributed by atoms with E-state index in [0.29, 0.717) is 0 Å². The number of ether oxygens (including phenoxy) is 1. The number of carbonyl (C=O) groups is 2. The summed E-state index contributed by atoms with van der Waals surface area (Å²) in [6.45, 7) is -0.476. The first kappa shape index (κ1) is 17.2. The summed E-state index contributed by atoms with van der Waals surface area (Å²) in [5.41, 5.74) is -0.202. The molecule has 0 radical (unpaired) electrons. The predicted octanol–water partition coefficient (Wildman–Crippen LogP) is 2.96. The number of nitro groups is 1. The average molecular weight is 351 g/mol. The van der Waals surface area contributed by atoms with Crippen molar-refractivity contribution in [2.24, 2.45) is 0 Å². The van der Waals surface area contributed by atoms with Crippen molar-refractivity contribution in [2.75, 3.05) is 11.9 Å². The molecule has 24 heavy (non-hydrogen) atoms. The van der Waals surface area contributed by atoms with E-state index < -0.39 is 23.4 Å². The van der Waals surface area contributed by atoms with Gasteiger partial charge in [-0.05, 0) is 24.3 Å². The number of hydrogen-bond acceptors (Lipinski definition) is 5. The maximum atomic E-state index is 11.8. The monoisotopic (exact) mass is 350 g/mol. The number of nitro benzene ring substituents is 1. The lowest BCUT2D eigenvalue weighted by Gasteiger charge is -2.09. The Bertz CT molecular complexity index is 808. The third kappa shape index (κ3) is 4.20. The number of nitrogens with zero attached hydrogens (tertiary/aromatic N) is 1. The summed E-state index contributed by atoms with van der Waals surface area (Å²) in [4.78, 5) is 33.1. The van der Waals surface area contributed by atoms with E-state index in [1.165, 1.54) is 36.4 Å². The van der Waals surface area contributed by atoms with E-state index in [-0.39, 0.29) is 27.7 Å². The maximum absolute atomic E-state index is 11.8. The van der Waals surface area contributed by atoms with E-state index >= 15 is 0 Å². The Morgan fingerprint density at radius 3 is 2.62 bits per heavy atom. The van der Waals surface area contributed by atoms with Gasteiger partial charge >= 0.3 is 11.7 Å². The first-order chi connectivity index (χ1) is 11.4. The van der Waals surface area contributed by atoms with Crippen LogP contribution in [0.4, 0.5) is 11.4 Å². The van der Waals surface area contributed by atoms with Gasteiger partial charge in [0.15, 0.2) is 12.4 Å². The molecule has 0 atom stereocenters. The number of anilines is 1. The summed E-state index contributed by atoms with van der Waals surface area (Å²) < 4.78 is 5.14. The van der Waals surface area contributed by atoms with Crippen LogP contribution in [-0.4, -0.2) is 28.5 Å². The molecule has 124 valence electrons. The van der Waals surface area contributed by atoms with E-state index in [0.717, 1.165) is 0 Å². The van der Waals surface area contributed by atoms with Gasteiger partial charge < -0.3 is 15.2 Å². The Kier molecular flexibility index (Phi) is 5.33. The van der Waals surface area contributed by atoms with Gasteiger partial charge in [0.25, 0.3) is 5.91 Å². The molecule has 0 aromatic heterocycles. The molecular weight excluding hydrogens is 340 g/mol. The second-order valence-corrected chi connectivity index (χ2v) is 4.97. The van der Waals surface area contributed by atoms with Gasteiger partial charge in [-0.2, -0.15) is 0 Å². The van der Waals surface area contributed by atoms with Crippen LogP contribution in [-0.2, 0) is 4.79 Å². The minimum atomic E-state index is -1.23. The number of amides is 1. The number of carboxylic acid groups (broad SMARTS) is 1. The fraction of sp³-hybridized carbons (Fsp3) is 0.0667. The lowest BCUT2D eigenvalue weighted by atomic mass is 10.2. The second kappa shape index (κ2) is 7.42. The number of aromatic carboxylic acids is 1. The summed E-state index contributed by atoms with van der Waals surface area (Å²) in [7, 11) is 0. The number of hydrogen-bond donors (Lipinski definition) is 2. The summed E-state index contributed by atoms with van der Waals surface area (Å²) in [5, 5.41) is 22.3. The van der Waals surface area contributed by atoms with Gasteiger partial charge in [-0.3, -0.25) is 14.9 Å². The third-order valence-corrected chi connectivity index (χ3v) is 3.23. The summed E-state index contributed by atoms with van der Waals surface area (Å²) in [6.07, 6.45) is 0. The Balaban J connectivity index is 2.03. The maximum Gasteiger partial charge on any atom is 0.337 e. The normalized spacial score (nSPS) is 10.0. The molecule has 0 fully saturated rings. The molecule has 0 aliphatic rings. The number of rotatable bonds is 6. The van der Waals surface area contributed by atoms with Crippen molar-refractivity contribution in [1.29, 1.82) is 0 Å². The summed E-state index contributed by atoms with van der Waals surface area (Å²) >= 11 is 5.73. The van der Waals surface area contributed by atoms with Gasteiger partial charge in [-0.1, -0.05) is 23.7 Å². The lowest BCUT2D eigenvalue weighted by Crippen LogP contribution is -2.20. The topological polar surface area (TPSA) is 119 Å². The quantitative estimate of drug-likeness (QED) is 0.610. The molecule has 0 saturated heterocycles. The molecule has 2 aromatic carbocycles. The first-order valence-corrected chi connectivity index (χ1v) is 6.95. The van der Waals surface area contributed by atoms with Gasteiger partial charge in [0.05, 0.1) is 15.5 Å². The van der Waals surface area contributed by atoms with Crippen LogP contribution in [0, 0.1) is 10.1 Å². The molecular formula is C15H11ClN2O6. The highest BCUT2D eigenvalue weighted by Gasteiger charge is 2.15. The molecule has 0 heterocycles. The molecule has 0 aliphatic carbocycles. The average Bonchev–Trinajstić information content (AvgIpc) is 2.54. The smallest absolute Gasteiger partial charge is 0.337 e. The molecule has 0 aliphatic heterocycles. The number of benzene rings is 2. The van der Waals surface area contributed by atoms with Crippen LogP contribution < -0.4 is 10.1 Å². The largest absolute Gasteiger partial charge is 0.478 e. The fourth-order valence-electron chi connectivity index (χ4n) is 1.84. The van der Waals surface area contributed by atoms with Crippen LogP contribution in [0.2, 0.25) is 5.02 Å². The standard InChI is InChI=1S/C15H11ClN2O6/c16-11-6-5-9(7-10(11)15(20)21)17-14(19)8-24-13-4-2-1-3-12(13)18(22)23/h1-7H,8H2,(H,17,19)(H,20,21). The van der Waals surface area contributed by atoms with Crippen LogP contribution in [0.3, 0.4) is 0 Å². The number of para-hydroxylation sites is 2. The molecule has 0 spiro atoms. The van der Waals surface area contributed by atoms with E-state index in [9.17, 15) is 19.7 Å². The molecule has 0 unspecified atom stereocenters. The van der Waals surface area contributed by atoms with Gasteiger partial charge in [-0.25, -0.2) is 4.79 Å². The van der Waals surface area contributed by atoms with Crippen molar-refractivity contribution in [2.45, 2.75) is 0 Å². The van der Waals surface area contributed by atoms with Crippen LogP contribution >= 0.6 is 11.6 Å². The van der Waals surface area contributed by atoms with Crippen molar-refractivity contribution >= 4 is 34.9 Å². The lowest BCUT2D eigenvalue weighted by molar-refractivity contribution is -0.385. The van der Waals surface area contributed by atoms with Gasteiger partial charge in [0.2, 0.25) is 0 Å². The van der Waals surface area contributed by atoms with Crippen LogP contribution in [0.15, 0.2) is 42.5 Å². The molecule has 1 amide bonds. The van der Waals surface area contributed by atoms with Gasteiger partial charge in [0.1, 0.15) is 0 Å². The van der Waals surface area contributed by atoms with Crippen molar-refractivity contribution < 1.29 is 24.4 Å².